The largest absolute Gasteiger partial charge is 0.573 e. The fourth-order valence-corrected chi connectivity index (χ4v) is 2.06. The number of halogens is 3. The second-order valence-corrected chi connectivity index (χ2v) is 4.61. The summed E-state index contributed by atoms with van der Waals surface area (Å²) in [5.74, 6) is 0.00448. The number of ether oxygens (including phenoxy) is 1. The summed E-state index contributed by atoms with van der Waals surface area (Å²) >= 11 is 0. The van der Waals surface area contributed by atoms with Gasteiger partial charge in [-0.2, -0.15) is 0 Å². The molecule has 100 valence electrons. The van der Waals surface area contributed by atoms with E-state index in [1.807, 2.05) is 0 Å². The number of aromatic nitrogens is 1. The van der Waals surface area contributed by atoms with Crippen molar-refractivity contribution in [3.8, 4) is 5.75 Å². The first kappa shape index (κ1) is 12.1. The van der Waals surface area contributed by atoms with E-state index in [1.54, 1.807) is 12.1 Å². The van der Waals surface area contributed by atoms with Gasteiger partial charge in [-0.05, 0) is 25.0 Å². The van der Waals surface area contributed by atoms with E-state index in [4.69, 9.17) is 5.73 Å². The highest BCUT2D eigenvalue weighted by molar-refractivity contribution is 5.94. The van der Waals surface area contributed by atoms with E-state index >= 15 is 0 Å². The van der Waals surface area contributed by atoms with Gasteiger partial charge >= 0.3 is 6.36 Å². The van der Waals surface area contributed by atoms with E-state index in [1.165, 1.54) is 12.1 Å². The van der Waals surface area contributed by atoms with Crippen molar-refractivity contribution in [2.45, 2.75) is 25.1 Å². The molecule has 0 saturated heterocycles. The summed E-state index contributed by atoms with van der Waals surface area (Å²) < 4.78 is 41.1. The van der Waals surface area contributed by atoms with Crippen LogP contribution in [0.5, 0.6) is 5.75 Å². The van der Waals surface area contributed by atoms with E-state index in [9.17, 15) is 13.2 Å². The van der Waals surface area contributed by atoms with Crippen LogP contribution in [0.4, 0.5) is 18.9 Å². The van der Waals surface area contributed by atoms with Crippen molar-refractivity contribution in [2.24, 2.45) is 0 Å². The molecule has 0 unspecified atom stereocenters. The van der Waals surface area contributed by atoms with Gasteiger partial charge in [-0.25, -0.2) is 4.98 Å². The average Bonchev–Trinajstić information content (AvgIpc) is 3.12. The minimum atomic E-state index is -4.74. The first-order valence-corrected chi connectivity index (χ1v) is 5.89. The molecule has 0 aliphatic heterocycles. The standard InChI is InChI=1S/C13H11F3N2O/c14-13(15,16)19-11-3-1-2-8-9(17)6-10(7-4-5-7)18-12(8)11/h1-3,6-7H,4-5H2,(H2,17,18). The number of benzene rings is 1. The molecular formula is C13H11F3N2O. The molecule has 3 nitrogen and oxygen atoms in total. The van der Waals surface area contributed by atoms with Crippen LogP contribution in [0.25, 0.3) is 10.9 Å². The third-order valence-electron chi connectivity index (χ3n) is 3.08. The topological polar surface area (TPSA) is 48.1 Å². The Morgan fingerprint density at radius 1 is 1.26 bits per heavy atom. The lowest BCUT2D eigenvalue weighted by Crippen LogP contribution is -2.17. The number of hydrogen-bond donors (Lipinski definition) is 1. The van der Waals surface area contributed by atoms with E-state index in [2.05, 4.69) is 9.72 Å². The number of hydrogen-bond acceptors (Lipinski definition) is 3. The molecule has 2 N–H and O–H groups in total. The number of fused-ring (bicyclic) bond motifs is 1. The van der Waals surface area contributed by atoms with Crippen molar-refractivity contribution in [3.63, 3.8) is 0 Å². The van der Waals surface area contributed by atoms with E-state index < -0.39 is 6.36 Å². The Labute approximate surface area is 107 Å². The maximum absolute atomic E-state index is 12.4. The predicted octanol–water partition coefficient (Wildman–Crippen LogP) is 3.59. The van der Waals surface area contributed by atoms with Gasteiger partial charge in [0, 0.05) is 22.7 Å². The van der Waals surface area contributed by atoms with Crippen LogP contribution >= 0.6 is 0 Å². The summed E-state index contributed by atoms with van der Waals surface area (Å²) in [7, 11) is 0. The number of para-hydroxylation sites is 1. The highest BCUT2D eigenvalue weighted by Crippen LogP contribution is 2.42. The maximum atomic E-state index is 12.4. The van der Waals surface area contributed by atoms with Gasteiger partial charge in [0.2, 0.25) is 0 Å². The first-order valence-electron chi connectivity index (χ1n) is 5.89. The Morgan fingerprint density at radius 2 is 2.00 bits per heavy atom. The van der Waals surface area contributed by atoms with E-state index in [0.717, 1.165) is 18.5 Å². The zero-order valence-electron chi connectivity index (χ0n) is 9.87. The number of pyridine rings is 1. The Bertz CT molecular complexity index is 636. The van der Waals surface area contributed by atoms with Crippen LogP contribution < -0.4 is 10.5 Å². The van der Waals surface area contributed by atoms with Gasteiger partial charge in [-0.1, -0.05) is 12.1 Å². The number of nitrogens with two attached hydrogens (primary N) is 1. The quantitative estimate of drug-likeness (QED) is 0.905. The SMILES string of the molecule is Nc1cc(C2CC2)nc2c(OC(F)(F)F)cccc12. The van der Waals surface area contributed by atoms with E-state index in [-0.39, 0.29) is 11.3 Å². The van der Waals surface area contributed by atoms with Gasteiger partial charge in [-0.15, -0.1) is 13.2 Å². The molecule has 1 saturated carbocycles. The summed E-state index contributed by atoms with van der Waals surface area (Å²) in [6.45, 7) is 0. The smallest absolute Gasteiger partial charge is 0.403 e. The number of nitrogens with zero attached hydrogens (tertiary/aromatic N) is 1. The lowest BCUT2D eigenvalue weighted by Gasteiger charge is -2.12. The van der Waals surface area contributed by atoms with Crippen molar-refractivity contribution in [1.82, 2.24) is 4.98 Å². The fourth-order valence-electron chi connectivity index (χ4n) is 2.06. The van der Waals surface area contributed by atoms with Crippen LogP contribution in [-0.2, 0) is 0 Å². The summed E-state index contributed by atoms with van der Waals surface area (Å²) in [5, 5.41) is 0.478. The summed E-state index contributed by atoms with van der Waals surface area (Å²) in [6.07, 6.45) is -2.74. The Kier molecular flexibility index (Phi) is 2.55. The average molecular weight is 268 g/mol. The highest BCUT2D eigenvalue weighted by Gasteiger charge is 2.32. The normalized spacial score (nSPS) is 15.7. The Hall–Kier alpha value is -1.98. The van der Waals surface area contributed by atoms with Crippen molar-refractivity contribution >= 4 is 16.6 Å². The van der Waals surface area contributed by atoms with Crippen LogP contribution in [0.2, 0.25) is 0 Å². The van der Waals surface area contributed by atoms with Gasteiger partial charge < -0.3 is 10.5 Å². The molecule has 0 radical (unpaired) electrons. The molecule has 6 heteroatoms. The number of alkyl halides is 3. The minimum absolute atomic E-state index is 0.168. The van der Waals surface area contributed by atoms with Gasteiger partial charge in [0.15, 0.2) is 5.75 Å². The minimum Gasteiger partial charge on any atom is -0.403 e. The van der Waals surface area contributed by atoms with Crippen molar-refractivity contribution in [1.29, 1.82) is 0 Å². The van der Waals surface area contributed by atoms with Crippen molar-refractivity contribution in [2.75, 3.05) is 5.73 Å². The molecular weight excluding hydrogens is 257 g/mol. The Morgan fingerprint density at radius 3 is 2.63 bits per heavy atom. The summed E-state index contributed by atoms with van der Waals surface area (Å²) in [6, 6.07) is 6.09. The maximum Gasteiger partial charge on any atom is 0.573 e. The lowest BCUT2D eigenvalue weighted by molar-refractivity contribution is -0.274. The number of anilines is 1. The van der Waals surface area contributed by atoms with Crippen LogP contribution in [-0.4, -0.2) is 11.3 Å². The first-order chi connectivity index (χ1) is 8.94. The monoisotopic (exact) mass is 268 g/mol. The third kappa shape index (κ3) is 2.43. The molecule has 0 bridgehead atoms. The third-order valence-corrected chi connectivity index (χ3v) is 3.08. The molecule has 0 spiro atoms. The molecule has 1 aliphatic rings. The van der Waals surface area contributed by atoms with Crippen molar-refractivity contribution < 1.29 is 17.9 Å². The van der Waals surface area contributed by atoms with Crippen LogP contribution in [0.15, 0.2) is 24.3 Å². The molecule has 3 rings (SSSR count). The van der Waals surface area contributed by atoms with Crippen LogP contribution in [0, 0.1) is 0 Å². The lowest BCUT2D eigenvalue weighted by atomic mass is 10.1. The highest BCUT2D eigenvalue weighted by atomic mass is 19.4. The van der Waals surface area contributed by atoms with E-state index in [0.29, 0.717) is 17.0 Å². The fraction of sp³-hybridized carbons (Fsp3) is 0.308. The van der Waals surface area contributed by atoms with Gasteiger partial charge in [0.25, 0.3) is 0 Å². The molecule has 1 aromatic heterocycles. The van der Waals surface area contributed by atoms with Gasteiger partial charge in [0.05, 0.1) is 0 Å². The number of nitrogen functional groups attached to an aromatic ring is 1. The zero-order chi connectivity index (χ0) is 13.6. The second-order valence-electron chi connectivity index (χ2n) is 4.61. The van der Waals surface area contributed by atoms with Crippen LogP contribution in [0.1, 0.15) is 24.5 Å². The van der Waals surface area contributed by atoms with Crippen molar-refractivity contribution in [3.05, 3.63) is 30.0 Å². The van der Waals surface area contributed by atoms with Gasteiger partial charge in [0.1, 0.15) is 5.52 Å². The predicted molar refractivity (Wildman–Crippen MR) is 64.8 cm³/mol. The summed E-state index contributed by atoms with van der Waals surface area (Å²) in [4.78, 5) is 4.28. The molecule has 2 aromatic rings. The van der Waals surface area contributed by atoms with Gasteiger partial charge in [-0.3, -0.25) is 0 Å². The molecule has 1 aliphatic carbocycles. The summed E-state index contributed by atoms with van der Waals surface area (Å²) in [5.41, 5.74) is 7.22. The molecule has 19 heavy (non-hydrogen) atoms. The molecule has 1 aromatic carbocycles. The molecule has 1 fully saturated rings. The molecule has 1 heterocycles. The zero-order valence-corrected chi connectivity index (χ0v) is 9.87. The second kappa shape index (κ2) is 4.01. The Balaban J connectivity index is 2.16. The van der Waals surface area contributed by atoms with Crippen LogP contribution in [0.3, 0.4) is 0 Å². The molecule has 0 amide bonds. The molecule has 0 atom stereocenters. The number of rotatable bonds is 2.